The molecule has 1 N–H and O–H groups in total. The molecule has 2 rings (SSSR count). The molecule has 1 atom stereocenters. The van der Waals surface area contributed by atoms with Gasteiger partial charge in [-0.1, -0.05) is 44.0 Å². The number of hydrogen-bond acceptors (Lipinski definition) is 2. The van der Waals surface area contributed by atoms with E-state index in [1.807, 2.05) is 25.1 Å². The average Bonchev–Trinajstić information content (AvgIpc) is 2.44. The summed E-state index contributed by atoms with van der Waals surface area (Å²) in [6.45, 7) is 1.96. The fraction of sp³-hybridized carbons (Fsp3) is 0.188. The fourth-order valence-electron chi connectivity index (χ4n) is 2.03. The number of carbonyl (C=O) groups excluding carboxylic acids is 1. The van der Waals surface area contributed by atoms with Crippen LogP contribution in [-0.2, 0) is 0 Å². The summed E-state index contributed by atoms with van der Waals surface area (Å²) in [5, 5.41) is 9.33. The van der Waals surface area contributed by atoms with E-state index in [9.17, 15) is 9.90 Å². The third-order valence-electron chi connectivity index (χ3n) is 3.39. The van der Waals surface area contributed by atoms with Crippen LogP contribution in [0.3, 0.4) is 0 Å². The maximum atomic E-state index is 12.6. The molecule has 0 saturated heterocycles. The lowest BCUT2D eigenvalue weighted by atomic mass is 10.1. The third kappa shape index (κ3) is 3.86. The molecule has 3 nitrogen and oxygen atoms in total. The second-order valence-corrected chi connectivity index (χ2v) is 6.67. The van der Waals surface area contributed by atoms with Crippen molar-refractivity contribution in [1.82, 2.24) is 4.90 Å². The van der Waals surface area contributed by atoms with Gasteiger partial charge in [-0.2, -0.15) is 0 Å². The minimum atomic E-state index is -0.0872. The number of nitrogens with zero attached hydrogens (tertiary/aromatic N) is 1. The number of phenolic OH excluding ortho intramolecular Hbond substituents is 1. The molecule has 0 aliphatic carbocycles. The Labute approximate surface area is 140 Å². The molecule has 0 saturated carbocycles. The monoisotopic (exact) mass is 411 g/mol. The SMILES string of the molecule is CC(c1ccc(O)cc1)N(C)C(=O)c1cc(Br)cc(Br)c1. The van der Waals surface area contributed by atoms with Gasteiger partial charge in [-0.25, -0.2) is 0 Å². The first-order valence-corrected chi connectivity index (χ1v) is 7.99. The predicted molar refractivity (Wildman–Crippen MR) is 90.5 cm³/mol. The quantitative estimate of drug-likeness (QED) is 0.789. The van der Waals surface area contributed by atoms with E-state index in [-0.39, 0.29) is 17.7 Å². The molecule has 5 heteroatoms. The number of amides is 1. The van der Waals surface area contributed by atoms with Crippen LogP contribution in [-0.4, -0.2) is 23.0 Å². The maximum Gasteiger partial charge on any atom is 0.254 e. The van der Waals surface area contributed by atoms with Crippen LogP contribution in [0.15, 0.2) is 51.4 Å². The number of carbonyl (C=O) groups is 1. The summed E-state index contributed by atoms with van der Waals surface area (Å²) in [7, 11) is 1.77. The zero-order valence-electron chi connectivity index (χ0n) is 11.7. The highest BCUT2D eigenvalue weighted by atomic mass is 79.9. The van der Waals surface area contributed by atoms with Gasteiger partial charge in [0.05, 0.1) is 6.04 Å². The van der Waals surface area contributed by atoms with E-state index in [1.54, 1.807) is 36.2 Å². The van der Waals surface area contributed by atoms with Gasteiger partial charge in [0.15, 0.2) is 0 Å². The number of halogens is 2. The molecule has 0 aliphatic heterocycles. The molecule has 0 bridgehead atoms. The minimum Gasteiger partial charge on any atom is -0.508 e. The van der Waals surface area contributed by atoms with E-state index in [0.29, 0.717) is 5.56 Å². The van der Waals surface area contributed by atoms with Crippen molar-refractivity contribution in [3.8, 4) is 5.75 Å². The van der Waals surface area contributed by atoms with E-state index in [2.05, 4.69) is 31.9 Å². The topological polar surface area (TPSA) is 40.5 Å². The van der Waals surface area contributed by atoms with Crippen molar-refractivity contribution in [3.05, 3.63) is 62.5 Å². The maximum absolute atomic E-state index is 12.6. The first-order valence-electron chi connectivity index (χ1n) is 6.40. The molecular weight excluding hydrogens is 398 g/mol. The molecule has 0 radical (unpaired) electrons. The Balaban J connectivity index is 2.23. The van der Waals surface area contributed by atoms with Crippen molar-refractivity contribution in [1.29, 1.82) is 0 Å². The Morgan fingerprint density at radius 3 is 2.14 bits per heavy atom. The van der Waals surface area contributed by atoms with E-state index >= 15 is 0 Å². The minimum absolute atomic E-state index is 0.0578. The van der Waals surface area contributed by atoms with Gasteiger partial charge in [0.2, 0.25) is 0 Å². The van der Waals surface area contributed by atoms with Crippen molar-refractivity contribution in [2.45, 2.75) is 13.0 Å². The molecule has 110 valence electrons. The highest BCUT2D eigenvalue weighted by Gasteiger charge is 2.19. The summed E-state index contributed by atoms with van der Waals surface area (Å²) in [6, 6.07) is 12.3. The standard InChI is InChI=1S/C16H15Br2NO2/c1-10(11-3-5-15(20)6-4-11)19(2)16(21)12-7-13(17)9-14(18)8-12/h3-10,20H,1-2H3. The van der Waals surface area contributed by atoms with Gasteiger partial charge in [0, 0.05) is 21.6 Å². The van der Waals surface area contributed by atoms with Crippen molar-refractivity contribution >= 4 is 37.8 Å². The summed E-state index contributed by atoms with van der Waals surface area (Å²) in [5.41, 5.74) is 1.59. The van der Waals surface area contributed by atoms with E-state index < -0.39 is 0 Å². The molecule has 2 aromatic carbocycles. The van der Waals surface area contributed by atoms with Crippen LogP contribution >= 0.6 is 31.9 Å². The first kappa shape index (κ1) is 16.0. The molecular formula is C16H15Br2NO2. The Kier molecular flexibility index (Phi) is 5.06. The largest absolute Gasteiger partial charge is 0.508 e. The van der Waals surface area contributed by atoms with Crippen molar-refractivity contribution in [3.63, 3.8) is 0 Å². The van der Waals surface area contributed by atoms with Crippen molar-refractivity contribution < 1.29 is 9.90 Å². The second-order valence-electron chi connectivity index (χ2n) is 4.84. The van der Waals surface area contributed by atoms with Crippen LogP contribution in [0.1, 0.15) is 28.9 Å². The van der Waals surface area contributed by atoms with Gasteiger partial charge in [-0.3, -0.25) is 4.79 Å². The van der Waals surface area contributed by atoms with Crippen molar-refractivity contribution in [2.75, 3.05) is 7.05 Å². The molecule has 1 amide bonds. The van der Waals surface area contributed by atoms with Crippen molar-refractivity contribution in [2.24, 2.45) is 0 Å². The highest BCUT2D eigenvalue weighted by molar-refractivity contribution is 9.11. The summed E-state index contributed by atoms with van der Waals surface area (Å²) in [5.74, 6) is 0.161. The first-order chi connectivity index (χ1) is 9.88. The van der Waals surface area contributed by atoms with Crippen LogP contribution in [0.5, 0.6) is 5.75 Å². The number of hydrogen-bond donors (Lipinski definition) is 1. The van der Waals surface area contributed by atoms with Crippen LogP contribution in [0.4, 0.5) is 0 Å². The van der Waals surface area contributed by atoms with Crippen LogP contribution < -0.4 is 0 Å². The van der Waals surface area contributed by atoms with Gasteiger partial charge >= 0.3 is 0 Å². The average molecular weight is 413 g/mol. The number of aromatic hydroxyl groups is 1. The fourth-order valence-corrected chi connectivity index (χ4v) is 3.33. The summed E-state index contributed by atoms with van der Waals surface area (Å²) in [6.07, 6.45) is 0. The summed E-state index contributed by atoms with van der Waals surface area (Å²) in [4.78, 5) is 14.2. The number of phenols is 1. The summed E-state index contributed by atoms with van der Waals surface area (Å²) < 4.78 is 1.71. The molecule has 1 unspecified atom stereocenters. The highest BCUT2D eigenvalue weighted by Crippen LogP contribution is 2.25. The van der Waals surface area contributed by atoms with Crippen LogP contribution in [0.2, 0.25) is 0 Å². The van der Waals surface area contributed by atoms with Gasteiger partial charge in [-0.05, 0) is 42.8 Å². The van der Waals surface area contributed by atoms with E-state index in [4.69, 9.17) is 0 Å². The molecule has 2 aromatic rings. The molecule has 0 fully saturated rings. The predicted octanol–water partition coefficient (Wildman–Crippen LogP) is 4.75. The van der Waals surface area contributed by atoms with Gasteiger partial charge < -0.3 is 10.0 Å². The van der Waals surface area contributed by atoms with Gasteiger partial charge in [0.1, 0.15) is 5.75 Å². The smallest absolute Gasteiger partial charge is 0.254 e. The molecule has 0 heterocycles. The third-order valence-corrected chi connectivity index (χ3v) is 4.30. The van der Waals surface area contributed by atoms with E-state index in [0.717, 1.165) is 14.5 Å². The Morgan fingerprint density at radius 1 is 1.10 bits per heavy atom. The lowest BCUT2D eigenvalue weighted by molar-refractivity contribution is 0.0742. The summed E-state index contributed by atoms with van der Waals surface area (Å²) >= 11 is 6.78. The Bertz CT molecular complexity index is 636. The van der Waals surface area contributed by atoms with E-state index in [1.165, 1.54) is 0 Å². The van der Waals surface area contributed by atoms with Gasteiger partial charge in [-0.15, -0.1) is 0 Å². The molecule has 0 spiro atoms. The lowest BCUT2D eigenvalue weighted by Crippen LogP contribution is -2.29. The number of rotatable bonds is 3. The second kappa shape index (κ2) is 6.62. The normalized spacial score (nSPS) is 12.0. The number of benzene rings is 2. The van der Waals surface area contributed by atoms with Crippen LogP contribution in [0, 0.1) is 0 Å². The Hall–Kier alpha value is -1.33. The Morgan fingerprint density at radius 2 is 1.62 bits per heavy atom. The molecule has 0 aromatic heterocycles. The molecule has 0 aliphatic rings. The zero-order valence-corrected chi connectivity index (χ0v) is 14.8. The van der Waals surface area contributed by atoms with Crippen LogP contribution in [0.25, 0.3) is 0 Å². The van der Waals surface area contributed by atoms with Gasteiger partial charge in [0.25, 0.3) is 5.91 Å². The molecule has 21 heavy (non-hydrogen) atoms. The zero-order chi connectivity index (χ0) is 15.6. The lowest BCUT2D eigenvalue weighted by Gasteiger charge is -2.25.